The zero-order valence-corrected chi connectivity index (χ0v) is 12.5. The molecule has 1 aromatic heterocycles. The molecule has 108 valence electrons. The number of nitrogens with zero attached hydrogens (tertiary/aromatic N) is 1. The van der Waals surface area contributed by atoms with Gasteiger partial charge in [0, 0.05) is 35.7 Å². The minimum absolute atomic E-state index is 0.666. The molecule has 1 aromatic carbocycles. The third kappa shape index (κ3) is 2.89. The monoisotopic (exact) mass is 271 g/mol. The molecule has 2 heterocycles. The molecule has 0 radical (unpaired) electrons. The first-order chi connectivity index (χ1) is 9.74. The van der Waals surface area contributed by atoms with Crippen LogP contribution < -0.4 is 5.32 Å². The highest BCUT2D eigenvalue weighted by Crippen LogP contribution is 2.18. The first-order valence-corrected chi connectivity index (χ1v) is 7.76. The van der Waals surface area contributed by atoms with Crippen LogP contribution in [-0.2, 0) is 6.54 Å². The summed E-state index contributed by atoms with van der Waals surface area (Å²) in [6.45, 7) is 8.01. The Kier molecular flexibility index (Phi) is 4.08. The van der Waals surface area contributed by atoms with E-state index in [0.29, 0.717) is 12.1 Å². The summed E-state index contributed by atoms with van der Waals surface area (Å²) >= 11 is 0. The quantitative estimate of drug-likeness (QED) is 0.895. The molecule has 3 nitrogen and oxygen atoms in total. The summed E-state index contributed by atoms with van der Waals surface area (Å²) in [6.07, 6.45) is 4.55. The van der Waals surface area contributed by atoms with Crippen molar-refractivity contribution in [1.82, 2.24) is 15.2 Å². The molecule has 0 bridgehead atoms. The average molecular weight is 271 g/mol. The molecule has 1 aliphatic heterocycles. The maximum Gasteiger partial charge on any atom is 0.0457 e. The van der Waals surface area contributed by atoms with Crippen LogP contribution in [0.4, 0.5) is 0 Å². The van der Waals surface area contributed by atoms with Gasteiger partial charge in [0.15, 0.2) is 0 Å². The van der Waals surface area contributed by atoms with E-state index >= 15 is 0 Å². The molecule has 0 spiro atoms. The summed E-state index contributed by atoms with van der Waals surface area (Å²) < 4.78 is 0. The Labute approximate surface area is 121 Å². The summed E-state index contributed by atoms with van der Waals surface area (Å²) in [5.41, 5.74) is 2.63. The van der Waals surface area contributed by atoms with Crippen molar-refractivity contribution < 1.29 is 0 Å². The van der Waals surface area contributed by atoms with Crippen LogP contribution in [0, 0.1) is 0 Å². The topological polar surface area (TPSA) is 31.1 Å². The van der Waals surface area contributed by atoms with E-state index in [2.05, 4.69) is 53.3 Å². The predicted molar refractivity (Wildman–Crippen MR) is 84.9 cm³/mol. The maximum absolute atomic E-state index is 3.74. The van der Waals surface area contributed by atoms with Crippen molar-refractivity contribution in [1.29, 1.82) is 0 Å². The molecule has 3 heteroatoms. The third-order valence-corrected chi connectivity index (χ3v) is 4.53. The number of H-pyrrole nitrogens is 1. The number of rotatable bonds is 4. The number of benzene rings is 1. The number of likely N-dealkylation sites (tertiary alicyclic amines) is 1. The van der Waals surface area contributed by atoms with Crippen LogP contribution in [0.15, 0.2) is 30.5 Å². The molecule has 20 heavy (non-hydrogen) atoms. The van der Waals surface area contributed by atoms with Crippen molar-refractivity contribution in [2.24, 2.45) is 0 Å². The SMILES string of the molecule is CC(C)N1CCC(NCc2cccc3[nH]ccc23)CC1. The number of fused-ring (bicyclic) bond motifs is 1. The Hall–Kier alpha value is -1.32. The lowest BCUT2D eigenvalue weighted by atomic mass is 10.0. The average Bonchev–Trinajstić information content (AvgIpc) is 2.94. The Morgan fingerprint density at radius 1 is 1.25 bits per heavy atom. The summed E-state index contributed by atoms with van der Waals surface area (Å²) in [7, 11) is 0. The van der Waals surface area contributed by atoms with E-state index in [9.17, 15) is 0 Å². The highest BCUT2D eigenvalue weighted by atomic mass is 15.2. The molecule has 0 atom stereocenters. The molecule has 2 aromatic rings. The van der Waals surface area contributed by atoms with E-state index in [1.807, 2.05) is 6.20 Å². The molecule has 0 saturated carbocycles. The van der Waals surface area contributed by atoms with Crippen LogP contribution >= 0.6 is 0 Å². The highest BCUT2D eigenvalue weighted by molar-refractivity contribution is 5.82. The summed E-state index contributed by atoms with van der Waals surface area (Å²) in [5.74, 6) is 0. The van der Waals surface area contributed by atoms with Crippen molar-refractivity contribution in [3.05, 3.63) is 36.0 Å². The van der Waals surface area contributed by atoms with Crippen molar-refractivity contribution in [3.63, 3.8) is 0 Å². The third-order valence-electron chi connectivity index (χ3n) is 4.53. The smallest absolute Gasteiger partial charge is 0.0457 e. The van der Waals surface area contributed by atoms with Crippen molar-refractivity contribution in [3.8, 4) is 0 Å². The number of aromatic nitrogens is 1. The fourth-order valence-electron chi connectivity index (χ4n) is 3.18. The van der Waals surface area contributed by atoms with Gasteiger partial charge in [-0.2, -0.15) is 0 Å². The van der Waals surface area contributed by atoms with Crippen LogP contribution in [0.25, 0.3) is 10.9 Å². The molecule has 0 aliphatic carbocycles. The van der Waals surface area contributed by atoms with Crippen LogP contribution in [-0.4, -0.2) is 35.1 Å². The van der Waals surface area contributed by atoms with Crippen molar-refractivity contribution in [2.75, 3.05) is 13.1 Å². The van der Waals surface area contributed by atoms with Gasteiger partial charge in [0.05, 0.1) is 0 Å². The van der Waals surface area contributed by atoms with Gasteiger partial charge in [-0.3, -0.25) is 0 Å². The number of hydrogen-bond acceptors (Lipinski definition) is 2. The van der Waals surface area contributed by atoms with Crippen LogP contribution in [0.2, 0.25) is 0 Å². The van der Waals surface area contributed by atoms with Gasteiger partial charge in [-0.1, -0.05) is 12.1 Å². The minimum Gasteiger partial charge on any atom is -0.361 e. The summed E-state index contributed by atoms with van der Waals surface area (Å²) in [6, 6.07) is 10.0. The van der Waals surface area contributed by atoms with Gasteiger partial charge in [0.25, 0.3) is 0 Å². The van der Waals surface area contributed by atoms with Gasteiger partial charge in [0.2, 0.25) is 0 Å². The number of piperidine rings is 1. The van der Waals surface area contributed by atoms with Crippen LogP contribution in [0.1, 0.15) is 32.3 Å². The zero-order chi connectivity index (χ0) is 13.9. The summed E-state index contributed by atoms with van der Waals surface area (Å²) in [4.78, 5) is 5.86. The lowest BCUT2D eigenvalue weighted by Gasteiger charge is -2.35. The van der Waals surface area contributed by atoms with E-state index in [1.165, 1.54) is 42.4 Å². The molecule has 3 rings (SSSR count). The van der Waals surface area contributed by atoms with Gasteiger partial charge in [-0.25, -0.2) is 0 Å². The Bertz CT molecular complexity index is 550. The standard InChI is InChI=1S/C17H25N3/c1-13(2)20-10-7-15(8-11-20)19-12-14-4-3-5-17-16(14)6-9-18-17/h3-6,9,13,15,18-19H,7-8,10-12H2,1-2H3. The number of aromatic amines is 1. The van der Waals surface area contributed by atoms with Gasteiger partial charge in [-0.05, 0) is 57.5 Å². The lowest BCUT2D eigenvalue weighted by Crippen LogP contribution is -2.44. The second-order valence-corrected chi connectivity index (χ2v) is 6.14. The largest absolute Gasteiger partial charge is 0.361 e. The van der Waals surface area contributed by atoms with Crippen molar-refractivity contribution >= 4 is 10.9 Å². The molecule has 1 fully saturated rings. The molecule has 0 unspecified atom stereocenters. The second kappa shape index (κ2) is 5.98. The molecular weight excluding hydrogens is 246 g/mol. The first kappa shape index (κ1) is 13.7. The Morgan fingerprint density at radius 2 is 2.05 bits per heavy atom. The molecule has 1 aliphatic rings. The normalized spacial score (nSPS) is 18.1. The Morgan fingerprint density at radius 3 is 2.80 bits per heavy atom. The molecule has 1 saturated heterocycles. The van der Waals surface area contributed by atoms with E-state index in [1.54, 1.807) is 0 Å². The number of hydrogen-bond donors (Lipinski definition) is 2. The van der Waals surface area contributed by atoms with Crippen molar-refractivity contribution in [2.45, 2.75) is 45.3 Å². The Balaban J connectivity index is 1.57. The first-order valence-electron chi connectivity index (χ1n) is 7.76. The second-order valence-electron chi connectivity index (χ2n) is 6.14. The number of nitrogens with one attached hydrogen (secondary N) is 2. The van der Waals surface area contributed by atoms with Crippen LogP contribution in [0.3, 0.4) is 0 Å². The molecule has 0 amide bonds. The van der Waals surface area contributed by atoms with E-state index in [4.69, 9.17) is 0 Å². The fraction of sp³-hybridized carbons (Fsp3) is 0.529. The summed E-state index contributed by atoms with van der Waals surface area (Å²) in [5, 5.41) is 5.09. The zero-order valence-electron chi connectivity index (χ0n) is 12.5. The highest BCUT2D eigenvalue weighted by Gasteiger charge is 2.20. The van der Waals surface area contributed by atoms with Gasteiger partial charge in [-0.15, -0.1) is 0 Å². The van der Waals surface area contributed by atoms with Gasteiger partial charge in [0.1, 0.15) is 0 Å². The predicted octanol–water partition coefficient (Wildman–Crippen LogP) is 3.13. The van der Waals surface area contributed by atoms with Gasteiger partial charge < -0.3 is 15.2 Å². The lowest BCUT2D eigenvalue weighted by molar-refractivity contribution is 0.161. The van der Waals surface area contributed by atoms with E-state index < -0.39 is 0 Å². The fourth-order valence-corrected chi connectivity index (χ4v) is 3.18. The minimum atomic E-state index is 0.666. The molecule has 2 N–H and O–H groups in total. The van der Waals surface area contributed by atoms with E-state index in [0.717, 1.165) is 6.54 Å². The van der Waals surface area contributed by atoms with Gasteiger partial charge >= 0.3 is 0 Å². The van der Waals surface area contributed by atoms with Crippen LogP contribution in [0.5, 0.6) is 0 Å². The molecular formula is C17H25N3. The maximum atomic E-state index is 3.74. The van der Waals surface area contributed by atoms with E-state index in [-0.39, 0.29) is 0 Å².